The Hall–Kier alpha value is -2.45. The van der Waals surface area contributed by atoms with Gasteiger partial charge in [-0.2, -0.15) is 0 Å². The highest BCUT2D eigenvalue weighted by atomic mass is 79.9. The standard InChI is InChI=1S/C22H24BrN3O4/c1-12-10-26(11-13(2)29-12)22(28)18-8-16(9-24-18)21(27)19-14(3)30-25-20(19)15-4-6-17(23)7-5-15/h4-8,12-13,16,24H,9-11H2,1-3H3. The summed E-state index contributed by atoms with van der Waals surface area (Å²) in [6.07, 6.45) is 1.71. The van der Waals surface area contributed by atoms with Crippen molar-refractivity contribution in [2.45, 2.75) is 33.0 Å². The molecule has 0 aliphatic carbocycles. The number of aryl methyl sites for hydroxylation is 1. The van der Waals surface area contributed by atoms with Gasteiger partial charge in [0.15, 0.2) is 5.78 Å². The van der Waals surface area contributed by atoms with Gasteiger partial charge in [-0.05, 0) is 39.0 Å². The van der Waals surface area contributed by atoms with Crippen LogP contribution in [-0.2, 0) is 9.53 Å². The Labute approximate surface area is 183 Å². The lowest BCUT2D eigenvalue weighted by Gasteiger charge is -2.35. The molecule has 1 fully saturated rings. The number of morpholine rings is 1. The number of carbonyl (C=O) groups excluding carboxylic acids is 2. The third-order valence-corrected chi connectivity index (χ3v) is 5.91. The number of nitrogens with zero attached hydrogens (tertiary/aromatic N) is 2. The molecule has 3 atom stereocenters. The van der Waals surface area contributed by atoms with Gasteiger partial charge in [-0.15, -0.1) is 0 Å². The van der Waals surface area contributed by atoms with E-state index in [1.54, 1.807) is 17.9 Å². The molecule has 30 heavy (non-hydrogen) atoms. The second-order valence-electron chi connectivity index (χ2n) is 7.87. The molecule has 1 saturated heterocycles. The first-order valence-corrected chi connectivity index (χ1v) is 10.8. The number of ether oxygens (including phenoxy) is 1. The monoisotopic (exact) mass is 473 g/mol. The highest BCUT2D eigenvalue weighted by Gasteiger charge is 2.34. The minimum atomic E-state index is -0.452. The lowest BCUT2D eigenvalue weighted by atomic mass is 9.94. The van der Waals surface area contributed by atoms with E-state index < -0.39 is 5.92 Å². The van der Waals surface area contributed by atoms with Gasteiger partial charge in [0.05, 0.1) is 29.4 Å². The summed E-state index contributed by atoms with van der Waals surface area (Å²) < 4.78 is 12.0. The average Bonchev–Trinajstić information content (AvgIpc) is 3.34. The highest BCUT2D eigenvalue weighted by molar-refractivity contribution is 9.10. The fourth-order valence-corrected chi connectivity index (χ4v) is 4.29. The van der Waals surface area contributed by atoms with Crippen LogP contribution in [0.4, 0.5) is 0 Å². The number of hydrogen-bond donors (Lipinski definition) is 1. The number of aromatic nitrogens is 1. The number of ketones is 1. The van der Waals surface area contributed by atoms with Crippen molar-refractivity contribution in [2.24, 2.45) is 5.92 Å². The van der Waals surface area contributed by atoms with Crippen molar-refractivity contribution in [3.63, 3.8) is 0 Å². The van der Waals surface area contributed by atoms with Crippen LogP contribution in [0.15, 0.2) is 45.0 Å². The van der Waals surface area contributed by atoms with Gasteiger partial charge in [-0.3, -0.25) is 9.59 Å². The molecular weight excluding hydrogens is 450 g/mol. The van der Waals surface area contributed by atoms with Crippen molar-refractivity contribution in [1.82, 2.24) is 15.4 Å². The molecule has 1 N–H and O–H groups in total. The van der Waals surface area contributed by atoms with E-state index in [2.05, 4.69) is 26.4 Å². The largest absolute Gasteiger partial charge is 0.380 e. The number of Topliss-reactive ketones (excluding diaryl/α,β-unsaturated/α-hetero) is 1. The highest BCUT2D eigenvalue weighted by Crippen LogP contribution is 2.30. The predicted octanol–water partition coefficient (Wildman–Crippen LogP) is 3.33. The molecule has 0 saturated carbocycles. The zero-order valence-electron chi connectivity index (χ0n) is 17.1. The Morgan fingerprint density at radius 1 is 1.17 bits per heavy atom. The Kier molecular flexibility index (Phi) is 5.79. The number of halogens is 1. The van der Waals surface area contributed by atoms with E-state index in [-0.39, 0.29) is 23.9 Å². The predicted molar refractivity (Wildman–Crippen MR) is 115 cm³/mol. The molecule has 2 aliphatic heterocycles. The van der Waals surface area contributed by atoms with E-state index in [0.29, 0.717) is 42.3 Å². The smallest absolute Gasteiger partial charge is 0.269 e. The molecule has 0 radical (unpaired) electrons. The molecule has 2 aromatic rings. The molecule has 1 amide bonds. The zero-order chi connectivity index (χ0) is 21.4. The lowest BCUT2D eigenvalue weighted by Crippen LogP contribution is -2.49. The fraction of sp³-hybridized carbons (Fsp3) is 0.409. The Bertz CT molecular complexity index is 988. The van der Waals surface area contributed by atoms with E-state index in [1.165, 1.54) is 0 Å². The Morgan fingerprint density at radius 3 is 2.50 bits per heavy atom. The van der Waals surface area contributed by atoms with Crippen LogP contribution in [0, 0.1) is 12.8 Å². The second kappa shape index (κ2) is 8.35. The average molecular weight is 474 g/mol. The summed E-state index contributed by atoms with van der Waals surface area (Å²) in [5.74, 6) is -0.179. The molecular formula is C22H24BrN3O4. The Morgan fingerprint density at radius 2 is 1.83 bits per heavy atom. The maximum Gasteiger partial charge on any atom is 0.269 e. The first-order chi connectivity index (χ1) is 14.3. The lowest BCUT2D eigenvalue weighted by molar-refractivity contribution is -0.139. The molecule has 7 nitrogen and oxygen atoms in total. The van der Waals surface area contributed by atoms with Gasteiger partial charge < -0.3 is 19.5 Å². The van der Waals surface area contributed by atoms with Crippen LogP contribution in [0.1, 0.15) is 30.0 Å². The van der Waals surface area contributed by atoms with Gasteiger partial charge >= 0.3 is 0 Å². The maximum absolute atomic E-state index is 13.3. The Balaban J connectivity index is 1.55. The maximum atomic E-state index is 13.3. The van der Waals surface area contributed by atoms with E-state index in [9.17, 15) is 9.59 Å². The summed E-state index contributed by atoms with van der Waals surface area (Å²) in [6, 6.07) is 7.56. The minimum absolute atomic E-state index is 0.00902. The molecule has 0 spiro atoms. The van der Waals surface area contributed by atoms with E-state index in [1.807, 2.05) is 38.1 Å². The molecule has 3 heterocycles. The van der Waals surface area contributed by atoms with Gasteiger partial charge in [-0.1, -0.05) is 33.2 Å². The van der Waals surface area contributed by atoms with Gasteiger partial charge in [0.25, 0.3) is 5.91 Å². The van der Waals surface area contributed by atoms with Crippen LogP contribution in [-0.4, -0.2) is 53.6 Å². The summed E-state index contributed by atoms with van der Waals surface area (Å²) in [6.45, 7) is 7.10. The fourth-order valence-electron chi connectivity index (χ4n) is 4.02. The summed E-state index contributed by atoms with van der Waals surface area (Å²) in [4.78, 5) is 28.0. The second-order valence-corrected chi connectivity index (χ2v) is 8.78. The number of rotatable bonds is 4. The van der Waals surface area contributed by atoms with Gasteiger partial charge in [0, 0.05) is 29.7 Å². The van der Waals surface area contributed by atoms with Crippen molar-refractivity contribution in [3.05, 3.63) is 51.8 Å². The number of carbonyl (C=O) groups is 2. The molecule has 3 unspecified atom stereocenters. The number of nitrogens with one attached hydrogen (secondary N) is 1. The van der Waals surface area contributed by atoms with E-state index in [4.69, 9.17) is 9.26 Å². The molecule has 1 aromatic carbocycles. The summed E-state index contributed by atoms with van der Waals surface area (Å²) in [5.41, 5.74) is 2.26. The van der Waals surface area contributed by atoms with Crippen LogP contribution in [0.2, 0.25) is 0 Å². The van der Waals surface area contributed by atoms with Gasteiger partial charge in [-0.25, -0.2) is 0 Å². The van der Waals surface area contributed by atoms with Crippen LogP contribution in [0.3, 0.4) is 0 Å². The molecule has 2 aliphatic rings. The van der Waals surface area contributed by atoms with Gasteiger partial charge in [0.1, 0.15) is 11.5 Å². The van der Waals surface area contributed by atoms with Crippen molar-refractivity contribution < 1.29 is 18.8 Å². The molecule has 8 heteroatoms. The number of amides is 1. The van der Waals surface area contributed by atoms with Crippen LogP contribution in [0.25, 0.3) is 11.3 Å². The molecule has 4 rings (SSSR count). The van der Waals surface area contributed by atoms with Crippen LogP contribution < -0.4 is 5.32 Å². The van der Waals surface area contributed by atoms with Crippen LogP contribution >= 0.6 is 15.9 Å². The van der Waals surface area contributed by atoms with Crippen LogP contribution in [0.5, 0.6) is 0 Å². The molecule has 0 bridgehead atoms. The first-order valence-electron chi connectivity index (χ1n) is 10.0. The van der Waals surface area contributed by atoms with Crippen molar-refractivity contribution in [3.8, 4) is 11.3 Å². The molecule has 1 aromatic heterocycles. The first kappa shape index (κ1) is 20.8. The summed E-state index contributed by atoms with van der Waals surface area (Å²) >= 11 is 3.41. The zero-order valence-corrected chi connectivity index (χ0v) is 18.7. The van der Waals surface area contributed by atoms with Crippen molar-refractivity contribution >= 4 is 27.6 Å². The SMILES string of the molecule is Cc1onc(-c2ccc(Br)cc2)c1C(=O)C1C=C(C(=O)N2CC(C)OC(C)C2)NC1. The van der Waals surface area contributed by atoms with Crippen molar-refractivity contribution in [2.75, 3.05) is 19.6 Å². The number of hydrogen-bond acceptors (Lipinski definition) is 6. The van der Waals surface area contributed by atoms with Crippen molar-refractivity contribution in [1.29, 1.82) is 0 Å². The van der Waals surface area contributed by atoms with Gasteiger partial charge in [0.2, 0.25) is 0 Å². The summed E-state index contributed by atoms with van der Waals surface area (Å²) in [5, 5.41) is 7.22. The third-order valence-electron chi connectivity index (χ3n) is 5.38. The normalized spacial score (nSPS) is 23.8. The quantitative estimate of drug-likeness (QED) is 0.685. The number of benzene rings is 1. The van der Waals surface area contributed by atoms with E-state index in [0.717, 1.165) is 10.0 Å². The van der Waals surface area contributed by atoms with E-state index >= 15 is 0 Å². The topological polar surface area (TPSA) is 84.7 Å². The summed E-state index contributed by atoms with van der Waals surface area (Å²) in [7, 11) is 0. The molecule has 158 valence electrons. The minimum Gasteiger partial charge on any atom is -0.380 e. The third kappa shape index (κ3) is 4.06.